The van der Waals surface area contributed by atoms with Gasteiger partial charge in [-0.15, -0.1) is 0 Å². The lowest BCUT2D eigenvalue weighted by Crippen LogP contribution is -2.60. The number of anilines is 2. The van der Waals surface area contributed by atoms with E-state index in [1.54, 1.807) is 0 Å². The van der Waals surface area contributed by atoms with E-state index >= 15 is 0 Å². The standard InChI is InChI=1S/C27H44ClN5O8/c1-24(2)34-9-17(10-35-24)32(18-11-36-25(3,4)37-12-18)22-29-21(28)30-23(31-22)33(19-13-38-26(5,6)39-14-19)20-15-40-27(7,8)41-16-20/h17-20H,9-16H2,1-8H3. The van der Waals surface area contributed by atoms with Gasteiger partial charge >= 0.3 is 0 Å². The predicted octanol–water partition coefficient (Wildman–Crippen LogP) is 2.74. The third-order valence-electron chi connectivity index (χ3n) is 7.61. The zero-order valence-electron chi connectivity index (χ0n) is 25.3. The lowest BCUT2D eigenvalue weighted by molar-refractivity contribution is -0.262. The molecule has 232 valence electrons. The second-order valence-electron chi connectivity index (χ2n) is 12.7. The number of ether oxygens (including phenoxy) is 8. The summed E-state index contributed by atoms with van der Waals surface area (Å²) in [5.41, 5.74) is 0. The van der Waals surface area contributed by atoms with Crippen molar-refractivity contribution in [3.63, 3.8) is 0 Å². The van der Waals surface area contributed by atoms with Crippen molar-refractivity contribution < 1.29 is 37.9 Å². The highest BCUT2D eigenvalue weighted by molar-refractivity contribution is 6.28. The van der Waals surface area contributed by atoms with Crippen LogP contribution in [0.5, 0.6) is 0 Å². The van der Waals surface area contributed by atoms with Crippen molar-refractivity contribution in [2.24, 2.45) is 0 Å². The molecule has 0 saturated carbocycles. The average molecular weight is 602 g/mol. The molecule has 0 aromatic carbocycles. The topological polar surface area (TPSA) is 119 Å². The van der Waals surface area contributed by atoms with E-state index < -0.39 is 23.1 Å². The maximum absolute atomic E-state index is 6.61. The van der Waals surface area contributed by atoms with E-state index in [1.807, 2.05) is 65.2 Å². The van der Waals surface area contributed by atoms with Crippen LogP contribution < -0.4 is 9.80 Å². The maximum atomic E-state index is 6.61. The molecule has 13 nitrogen and oxygen atoms in total. The number of nitrogens with zero attached hydrogens (tertiary/aromatic N) is 5. The first kappa shape index (κ1) is 31.0. The molecule has 4 aliphatic heterocycles. The van der Waals surface area contributed by atoms with Gasteiger partial charge in [-0.3, -0.25) is 0 Å². The van der Waals surface area contributed by atoms with Crippen LogP contribution in [0.15, 0.2) is 0 Å². The van der Waals surface area contributed by atoms with Crippen LogP contribution in [0.25, 0.3) is 0 Å². The van der Waals surface area contributed by atoms with Crippen molar-refractivity contribution in [3.8, 4) is 0 Å². The minimum absolute atomic E-state index is 0.0481. The number of hydrogen-bond acceptors (Lipinski definition) is 13. The van der Waals surface area contributed by atoms with Crippen LogP contribution in [0, 0.1) is 0 Å². The fourth-order valence-electron chi connectivity index (χ4n) is 5.19. The molecule has 0 amide bonds. The van der Waals surface area contributed by atoms with Gasteiger partial charge in [-0.25, -0.2) is 0 Å². The van der Waals surface area contributed by atoms with Crippen molar-refractivity contribution in [1.82, 2.24) is 15.0 Å². The highest BCUT2D eigenvalue weighted by atomic mass is 35.5. The smallest absolute Gasteiger partial charge is 0.232 e. The van der Waals surface area contributed by atoms with Crippen LogP contribution >= 0.6 is 11.6 Å². The first-order valence-corrected chi connectivity index (χ1v) is 14.6. The van der Waals surface area contributed by atoms with Crippen LogP contribution in [-0.4, -0.2) is 115 Å². The summed E-state index contributed by atoms with van der Waals surface area (Å²) in [7, 11) is 0. The summed E-state index contributed by atoms with van der Waals surface area (Å²) in [6, 6.07) is -0.869. The van der Waals surface area contributed by atoms with Crippen molar-refractivity contribution in [2.45, 2.75) is 103 Å². The van der Waals surface area contributed by atoms with Crippen LogP contribution in [-0.2, 0) is 37.9 Å². The third kappa shape index (κ3) is 7.57. The van der Waals surface area contributed by atoms with Gasteiger partial charge < -0.3 is 47.7 Å². The van der Waals surface area contributed by atoms with Gasteiger partial charge in [0.1, 0.15) is 0 Å². The Bertz CT molecular complexity index is 902. The minimum atomic E-state index is -0.689. The molecule has 41 heavy (non-hydrogen) atoms. The molecule has 4 saturated heterocycles. The molecule has 14 heteroatoms. The van der Waals surface area contributed by atoms with E-state index in [-0.39, 0.29) is 29.5 Å². The molecule has 0 atom stereocenters. The normalized spacial score (nSPS) is 27.4. The summed E-state index contributed by atoms with van der Waals surface area (Å²) in [6.45, 7) is 18.3. The van der Waals surface area contributed by atoms with Gasteiger partial charge in [0.2, 0.25) is 17.2 Å². The molecule has 4 fully saturated rings. The summed E-state index contributed by atoms with van der Waals surface area (Å²) in [4.78, 5) is 18.2. The fourth-order valence-corrected chi connectivity index (χ4v) is 5.34. The molecule has 0 aliphatic carbocycles. The number of rotatable bonds is 6. The highest BCUT2D eigenvalue weighted by Gasteiger charge is 2.43. The first-order chi connectivity index (χ1) is 19.1. The highest BCUT2D eigenvalue weighted by Crippen LogP contribution is 2.32. The molecule has 0 unspecified atom stereocenters. The molecule has 0 spiro atoms. The molecule has 0 N–H and O–H groups in total. The number of hydrogen-bond donors (Lipinski definition) is 0. The summed E-state index contributed by atoms with van der Waals surface area (Å²) < 4.78 is 48.2. The second-order valence-corrected chi connectivity index (χ2v) is 13.1. The summed E-state index contributed by atoms with van der Waals surface area (Å²) in [6.07, 6.45) is 0. The first-order valence-electron chi connectivity index (χ1n) is 14.2. The van der Waals surface area contributed by atoms with Crippen molar-refractivity contribution >= 4 is 23.5 Å². The van der Waals surface area contributed by atoms with E-state index in [0.29, 0.717) is 64.8 Å². The van der Waals surface area contributed by atoms with Gasteiger partial charge in [-0.05, 0) is 67.0 Å². The largest absolute Gasteiger partial charge is 0.348 e. The quantitative estimate of drug-likeness (QED) is 0.476. The van der Waals surface area contributed by atoms with E-state index in [1.165, 1.54) is 0 Å². The van der Waals surface area contributed by atoms with Crippen molar-refractivity contribution in [2.75, 3.05) is 62.7 Å². The Hall–Kier alpha value is -1.42. The monoisotopic (exact) mass is 601 g/mol. The van der Waals surface area contributed by atoms with Crippen LogP contribution in [0.2, 0.25) is 5.28 Å². The van der Waals surface area contributed by atoms with E-state index in [9.17, 15) is 0 Å². The molecule has 5 heterocycles. The molecule has 0 bridgehead atoms. The molecule has 0 radical (unpaired) electrons. The number of halogens is 1. The Morgan fingerprint density at radius 2 is 0.683 bits per heavy atom. The molecule has 5 rings (SSSR count). The Kier molecular flexibility index (Phi) is 8.76. The van der Waals surface area contributed by atoms with E-state index in [2.05, 4.69) is 9.97 Å². The summed E-state index contributed by atoms with van der Waals surface area (Å²) in [5.74, 6) is -2.01. The van der Waals surface area contributed by atoms with Crippen molar-refractivity contribution in [1.29, 1.82) is 0 Å². The van der Waals surface area contributed by atoms with Gasteiger partial charge in [-0.1, -0.05) is 0 Å². The lowest BCUT2D eigenvalue weighted by Gasteiger charge is -2.47. The van der Waals surface area contributed by atoms with Crippen LogP contribution in [0.3, 0.4) is 0 Å². The molecule has 4 aliphatic rings. The minimum Gasteiger partial charge on any atom is -0.348 e. The number of aromatic nitrogens is 3. The second kappa shape index (κ2) is 11.6. The molecule has 1 aromatic heterocycles. The molecular weight excluding hydrogens is 558 g/mol. The Morgan fingerprint density at radius 1 is 0.463 bits per heavy atom. The molecule has 1 aromatic rings. The Balaban J connectivity index is 1.49. The third-order valence-corrected chi connectivity index (χ3v) is 7.78. The van der Waals surface area contributed by atoms with Gasteiger partial charge in [0.15, 0.2) is 23.1 Å². The predicted molar refractivity (Wildman–Crippen MR) is 149 cm³/mol. The van der Waals surface area contributed by atoms with Gasteiger partial charge in [0, 0.05) is 0 Å². The molecular formula is C27H44ClN5O8. The van der Waals surface area contributed by atoms with Gasteiger partial charge in [0.05, 0.1) is 77.0 Å². The van der Waals surface area contributed by atoms with Crippen LogP contribution in [0.4, 0.5) is 11.9 Å². The Morgan fingerprint density at radius 3 is 0.902 bits per heavy atom. The zero-order valence-corrected chi connectivity index (χ0v) is 26.1. The summed E-state index contributed by atoms with van der Waals surface area (Å²) in [5, 5.41) is 0.0481. The van der Waals surface area contributed by atoms with Crippen molar-refractivity contribution in [3.05, 3.63) is 5.28 Å². The average Bonchev–Trinajstić information content (AvgIpc) is 2.88. The van der Waals surface area contributed by atoms with E-state index in [4.69, 9.17) is 54.5 Å². The fraction of sp³-hybridized carbons (Fsp3) is 0.889. The summed E-state index contributed by atoms with van der Waals surface area (Å²) >= 11 is 6.61. The lowest BCUT2D eigenvalue weighted by atomic mass is 10.1. The van der Waals surface area contributed by atoms with Gasteiger partial charge in [-0.2, -0.15) is 15.0 Å². The maximum Gasteiger partial charge on any atom is 0.232 e. The Labute approximate surface area is 247 Å². The van der Waals surface area contributed by atoms with E-state index in [0.717, 1.165) is 0 Å². The van der Waals surface area contributed by atoms with Crippen LogP contribution in [0.1, 0.15) is 55.4 Å². The SMILES string of the molecule is CC1(C)OCC(N(c2nc(Cl)nc(N(C3COC(C)(C)OC3)C3COC(C)(C)OC3)n2)C2COC(C)(C)OC2)CO1. The van der Waals surface area contributed by atoms with Gasteiger partial charge in [0.25, 0.3) is 0 Å². The zero-order chi connectivity index (χ0) is 29.6.